The van der Waals surface area contributed by atoms with Crippen LogP contribution < -0.4 is 9.47 Å². The van der Waals surface area contributed by atoms with E-state index in [-0.39, 0.29) is 13.1 Å². The summed E-state index contributed by atoms with van der Waals surface area (Å²) >= 11 is 0. The first-order chi connectivity index (χ1) is 17.2. The van der Waals surface area contributed by atoms with Crippen molar-refractivity contribution in [1.29, 1.82) is 0 Å². The summed E-state index contributed by atoms with van der Waals surface area (Å²) in [5, 5.41) is 0. The highest BCUT2D eigenvalue weighted by atomic mass is 16.5. The van der Waals surface area contributed by atoms with Crippen molar-refractivity contribution < 1.29 is 33.3 Å². The van der Waals surface area contributed by atoms with Crippen LogP contribution in [0.25, 0.3) is 0 Å². The maximum atomic E-state index is 14.7. The van der Waals surface area contributed by atoms with E-state index in [1.807, 2.05) is 53.2 Å². The Bertz CT molecular complexity index is 1100. The van der Waals surface area contributed by atoms with Crippen molar-refractivity contribution in [3.8, 4) is 11.5 Å². The van der Waals surface area contributed by atoms with Crippen molar-refractivity contribution in [3.05, 3.63) is 59.7 Å². The van der Waals surface area contributed by atoms with Crippen LogP contribution in [-0.2, 0) is 23.9 Å². The van der Waals surface area contributed by atoms with Gasteiger partial charge < -0.3 is 23.8 Å². The smallest absolute Gasteiger partial charge is 0.322 e. The molecule has 9 heteroatoms. The summed E-state index contributed by atoms with van der Waals surface area (Å²) < 4.78 is 21.4. The van der Waals surface area contributed by atoms with Crippen LogP contribution in [0.4, 0.5) is 0 Å². The third-order valence-electron chi connectivity index (χ3n) is 7.52. The van der Waals surface area contributed by atoms with E-state index >= 15 is 0 Å². The minimum absolute atomic E-state index is 0.0777. The number of Topliss-reactive ketones (excluding diaryl/α,β-unsaturated/α-hetero) is 1. The number of hydrogen-bond acceptors (Lipinski definition) is 9. The zero-order valence-corrected chi connectivity index (χ0v) is 21.4. The van der Waals surface area contributed by atoms with Crippen LogP contribution in [0.15, 0.2) is 48.5 Å². The van der Waals surface area contributed by atoms with Gasteiger partial charge in [0.25, 0.3) is 0 Å². The molecule has 0 saturated carbocycles. The number of esters is 2. The second-order valence-corrected chi connectivity index (χ2v) is 9.45. The number of piperidine rings is 2. The van der Waals surface area contributed by atoms with E-state index in [9.17, 15) is 14.4 Å². The molecule has 9 nitrogen and oxygen atoms in total. The lowest BCUT2D eigenvalue weighted by molar-refractivity contribution is -0.202. The van der Waals surface area contributed by atoms with Gasteiger partial charge in [-0.05, 0) is 49.5 Å². The van der Waals surface area contributed by atoms with Crippen LogP contribution in [-0.4, -0.2) is 83.1 Å². The van der Waals surface area contributed by atoms with Crippen molar-refractivity contribution >= 4 is 17.7 Å². The van der Waals surface area contributed by atoms with Crippen LogP contribution in [0.1, 0.15) is 23.2 Å². The molecule has 4 rings (SSSR count). The molecule has 0 amide bonds. The Morgan fingerprint density at radius 1 is 0.778 bits per heavy atom. The van der Waals surface area contributed by atoms with Gasteiger partial charge in [0.1, 0.15) is 11.5 Å². The Labute approximate surface area is 210 Å². The Morgan fingerprint density at radius 2 is 1.19 bits per heavy atom. The molecule has 2 saturated heterocycles. The van der Waals surface area contributed by atoms with Crippen molar-refractivity contribution in [3.63, 3.8) is 0 Å². The van der Waals surface area contributed by atoms with Crippen LogP contribution in [0, 0.1) is 10.8 Å². The molecule has 0 radical (unpaired) electrons. The predicted octanol–water partition coefficient (Wildman–Crippen LogP) is 2.26. The van der Waals surface area contributed by atoms with Crippen LogP contribution in [0.5, 0.6) is 11.5 Å². The van der Waals surface area contributed by atoms with Crippen LogP contribution in [0.2, 0.25) is 0 Å². The van der Waals surface area contributed by atoms with Crippen LogP contribution in [0.3, 0.4) is 0 Å². The molecule has 2 aliphatic rings. The van der Waals surface area contributed by atoms with E-state index in [0.717, 1.165) is 0 Å². The Morgan fingerprint density at radius 3 is 1.56 bits per heavy atom. The Hall–Kier alpha value is -3.43. The van der Waals surface area contributed by atoms with E-state index in [0.29, 0.717) is 22.6 Å². The van der Waals surface area contributed by atoms with E-state index < -0.39 is 40.6 Å². The normalized spacial score (nSPS) is 28.3. The molecule has 2 fully saturated rings. The maximum Gasteiger partial charge on any atom is 0.322 e. The molecule has 0 N–H and O–H groups in total. The molecule has 2 aromatic carbocycles. The number of likely N-dealkylation sites (tertiary alicyclic amines) is 2. The van der Waals surface area contributed by atoms with Gasteiger partial charge in [0, 0.05) is 13.1 Å². The van der Waals surface area contributed by atoms with Gasteiger partial charge >= 0.3 is 11.9 Å². The number of rotatable bonds is 6. The zero-order valence-electron chi connectivity index (χ0n) is 21.4. The number of fused-ring (bicyclic) bond motifs is 2. The fourth-order valence-electron chi connectivity index (χ4n) is 6.28. The van der Waals surface area contributed by atoms with E-state index in [1.165, 1.54) is 14.2 Å². The predicted molar refractivity (Wildman–Crippen MR) is 131 cm³/mol. The summed E-state index contributed by atoms with van der Waals surface area (Å²) in [6.45, 7) is 0.155. The van der Waals surface area contributed by atoms with Gasteiger partial charge in [0.15, 0.2) is 16.6 Å². The van der Waals surface area contributed by atoms with Crippen molar-refractivity contribution in [2.45, 2.75) is 12.1 Å². The highest BCUT2D eigenvalue weighted by molar-refractivity contribution is 6.17. The number of nitrogens with zero attached hydrogens (tertiary/aromatic N) is 2. The average Bonchev–Trinajstić information content (AvgIpc) is 2.89. The molecule has 2 bridgehead atoms. The highest BCUT2D eigenvalue weighted by Crippen LogP contribution is 2.60. The summed E-state index contributed by atoms with van der Waals surface area (Å²) in [4.78, 5) is 45.7. The lowest BCUT2D eigenvalue weighted by atomic mass is 9.54. The number of carbonyl (C=O) groups excluding carboxylic acids is 3. The second-order valence-electron chi connectivity index (χ2n) is 9.45. The molecule has 2 aromatic rings. The first kappa shape index (κ1) is 25.7. The molecule has 0 aromatic heterocycles. The standard InChI is InChI=1S/C27H32N2O7/c1-28-15-26(24(31)35-5)21(17-9-7-11-19(13-17)33-3)29(2)22(18-10-8-12-20(14-18)34-4)27(16-28,23(26)30)25(32)36-6/h7-14,21-22H,15-16H2,1-6H3. The molecule has 2 heterocycles. The molecular formula is C27H32N2O7. The SMILES string of the molecule is COC(=O)C12CN(C)CC(C(=O)OC)(C1=O)C(c1cccc(OC)c1)N(C)C2c1cccc(OC)c1. The van der Waals surface area contributed by atoms with E-state index in [4.69, 9.17) is 18.9 Å². The van der Waals surface area contributed by atoms with Gasteiger partial charge in [-0.25, -0.2) is 0 Å². The third-order valence-corrected chi connectivity index (χ3v) is 7.52. The number of ether oxygens (including phenoxy) is 4. The molecule has 4 unspecified atom stereocenters. The van der Waals surface area contributed by atoms with Crippen LogP contribution >= 0.6 is 0 Å². The fraction of sp³-hybridized carbons (Fsp3) is 0.444. The summed E-state index contributed by atoms with van der Waals surface area (Å²) in [5.74, 6) is -0.738. The highest BCUT2D eigenvalue weighted by Gasteiger charge is 2.74. The molecule has 0 spiro atoms. The number of hydrogen-bond donors (Lipinski definition) is 0. The van der Waals surface area contributed by atoms with Gasteiger partial charge in [-0.15, -0.1) is 0 Å². The van der Waals surface area contributed by atoms with Crippen molar-refractivity contribution in [1.82, 2.24) is 9.80 Å². The molecule has 36 heavy (non-hydrogen) atoms. The van der Waals surface area contributed by atoms with E-state index in [2.05, 4.69) is 0 Å². The van der Waals surface area contributed by atoms with Gasteiger partial charge in [0.05, 0.1) is 40.5 Å². The largest absolute Gasteiger partial charge is 0.497 e. The number of ketones is 1. The van der Waals surface area contributed by atoms with Crippen molar-refractivity contribution in [2.24, 2.45) is 10.8 Å². The number of benzene rings is 2. The van der Waals surface area contributed by atoms with Gasteiger partial charge in [-0.1, -0.05) is 24.3 Å². The zero-order chi connectivity index (χ0) is 26.3. The average molecular weight is 497 g/mol. The Kier molecular flexibility index (Phi) is 6.81. The number of methoxy groups -OCH3 is 4. The van der Waals surface area contributed by atoms with Crippen molar-refractivity contribution in [2.75, 3.05) is 55.6 Å². The summed E-state index contributed by atoms with van der Waals surface area (Å²) in [7, 11) is 9.24. The molecule has 0 aliphatic carbocycles. The summed E-state index contributed by atoms with van der Waals surface area (Å²) in [5.41, 5.74) is -1.99. The minimum Gasteiger partial charge on any atom is -0.497 e. The quantitative estimate of drug-likeness (QED) is 0.441. The van der Waals surface area contributed by atoms with E-state index in [1.54, 1.807) is 33.4 Å². The fourth-order valence-corrected chi connectivity index (χ4v) is 6.28. The number of carbonyl (C=O) groups is 3. The van der Waals surface area contributed by atoms with Gasteiger partial charge in [-0.2, -0.15) is 0 Å². The molecule has 2 aliphatic heterocycles. The summed E-state index contributed by atoms with van der Waals surface area (Å²) in [6.07, 6.45) is 0. The molecule has 192 valence electrons. The Balaban J connectivity index is 2.08. The van der Waals surface area contributed by atoms with Gasteiger partial charge in [-0.3, -0.25) is 19.3 Å². The second kappa shape index (κ2) is 9.55. The molecular weight excluding hydrogens is 464 g/mol. The third kappa shape index (κ3) is 3.57. The monoisotopic (exact) mass is 496 g/mol. The lowest BCUT2D eigenvalue weighted by Crippen LogP contribution is -2.75. The topological polar surface area (TPSA) is 94.6 Å². The minimum atomic E-state index is -1.69. The first-order valence-corrected chi connectivity index (χ1v) is 11.6. The lowest BCUT2D eigenvalue weighted by Gasteiger charge is -2.60. The summed E-state index contributed by atoms with van der Waals surface area (Å²) in [6, 6.07) is 13.0. The first-order valence-electron chi connectivity index (χ1n) is 11.6. The van der Waals surface area contributed by atoms with Gasteiger partial charge in [0.2, 0.25) is 0 Å². The molecule has 4 atom stereocenters. The maximum absolute atomic E-state index is 14.7.